The Morgan fingerprint density at radius 1 is 1.47 bits per heavy atom. The number of aryl methyl sites for hydroxylation is 1. The Labute approximate surface area is 130 Å². The molecule has 1 aromatic heterocycles. The third-order valence-electron chi connectivity index (χ3n) is 3.11. The minimum absolute atomic E-state index is 0.119. The molecule has 0 saturated carbocycles. The number of carbonyl (C=O) groups excluding carboxylic acids is 1. The average molecular weight is 362 g/mol. The Bertz CT molecular complexity index is 476. The number of hydrogen-bond donors (Lipinski definition) is 1. The van der Waals surface area contributed by atoms with Gasteiger partial charge in [0.05, 0.1) is 13.7 Å². The van der Waals surface area contributed by atoms with Crippen molar-refractivity contribution in [1.82, 2.24) is 9.80 Å². The number of rotatable bonds is 3. The molecule has 0 spiro atoms. The molecule has 2 rings (SSSR count). The number of amides is 1. The molecule has 7 heteroatoms. The first-order valence-corrected chi connectivity index (χ1v) is 8.05. The summed E-state index contributed by atoms with van der Waals surface area (Å²) in [4.78, 5) is 17.7. The van der Waals surface area contributed by atoms with E-state index >= 15 is 0 Å². The molecule has 104 valence electrons. The third-order valence-corrected chi connectivity index (χ3v) is 5.36. The summed E-state index contributed by atoms with van der Waals surface area (Å²) in [7, 11) is 0. The van der Waals surface area contributed by atoms with E-state index in [2.05, 4.69) is 20.8 Å². The van der Waals surface area contributed by atoms with Crippen molar-refractivity contribution in [3.05, 3.63) is 20.3 Å². The van der Waals surface area contributed by atoms with Crippen LogP contribution in [0.15, 0.2) is 9.85 Å². The summed E-state index contributed by atoms with van der Waals surface area (Å²) in [6.07, 6.45) is 0. The molecule has 0 bridgehead atoms. The lowest BCUT2D eigenvalue weighted by Crippen LogP contribution is -2.50. The fourth-order valence-corrected chi connectivity index (χ4v) is 3.74. The number of thiocarbonyl (C=S) groups is 1. The second-order valence-corrected chi connectivity index (χ2v) is 7.50. The molecule has 0 aromatic carbocycles. The first kappa shape index (κ1) is 14.9. The van der Waals surface area contributed by atoms with Crippen molar-refractivity contribution in [2.75, 3.05) is 32.7 Å². The monoisotopic (exact) mass is 361 g/mol. The summed E-state index contributed by atoms with van der Waals surface area (Å²) in [5, 5.41) is 0. The summed E-state index contributed by atoms with van der Waals surface area (Å²) in [5.41, 5.74) is 6.65. The topological polar surface area (TPSA) is 49.6 Å². The van der Waals surface area contributed by atoms with Crippen LogP contribution < -0.4 is 5.73 Å². The van der Waals surface area contributed by atoms with Gasteiger partial charge >= 0.3 is 0 Å². The van der Waals surface area contributed by atoms with Gasteiger partial charge in [0.15, 0.2) is 0 Å². The van der Waals surface area contributed by atoms with Crippen LogP contribution in [-0.4, -0.2) is 53.4 Å². The van der Waals surface area contributed by atoms with E-state index in [-0.39, 0.29) is 5.91 Å². The van der Waals surface area contributed by atoms with Crippen LogP contribution in [0.4, 0.5) is 0 Å². The Balaban J connectivity index is 1.94. The average Bonchev–Trinajstić information content (AvgIpc) is 2.69. The Morgan fingerprint density at radius 2 is 2.11 bits per heavy atom. The van der Waals surface area contributed by atoms with Gasteiger partial charge in [-0.2, -0.15) is 0 Å². The van der Waals surface area contributed by atoms with Crippen LogP contribution in [0.25, 0.3) is 0 Å². The van der Waals surface area contributed by atoms with Gasteiger partial charge in [-0.05, 0) is 34.5 Å². The van der Waals surface area contributed by atoms with Gasteiger partial charge in [-0.15, -0.1) is 11.3 Å². The molecule has 1 aromatic rings. The highest BCUT2D eigenvalue weighted by Crippen LogP contribution is 2.28. The van der Waals surface area contributed by atoms with E-state index in [9.17, 15) is 4.79 Å². The van der Waals surface area contributed by atoms with Gasteiger partial charge in [0, 0.05) is 32.7 Å². The summed E-state index contributed by atoms with van der Waals surface area (Å²) < 4.78 is 1.03. The van der Waals surface area contributed by atoms with Gasteiger partial charge < -0.3 is 10.6 Å². The maximum Gasteiger partial charge on any atom is 0.264 e. The van der Waals surface area contributed by atoms with Crippen molar-refractivity contribution in [2.45, 2.75) is 6.92 Å². The van der Waals surface area contributed by atoms with Crippen molar-refractivity contribution in [3.63, 3.8) is 0 Å². The van der Waals surface area contributed by atoms with Gasteiger partial charge in [0.1, 0.15) is 0 Å². The highest BCUT2D eigenvalue weighted by molar-refractivity contribution is 9.11. The quantitative estimate of drug-likeness (QED) is 0.834. The SMILES string of the molecule is Cc1cc(C(=O)N2CCN(CC(N)=S)CC2)sc1Br. The summed E-state index contributed by atoms with van der Waals surface area (Å²) in [6.45, 7) is 5.76. The molecular formula is C12H16BrN3OS2. The second kappa shape index (κ2) is 6.30. The zero-order valence-corrected chi connectivity index (χ0v) is 13.9. The molecular weight excluding hydrogens is 346 g/mol. The predicted octanol–water partition coefficient (Wildman–Crippen LogP) is 1.86. The van der Waals surface area contributed by atoms with E-state index in [0.717, 1.165) is 40.4 Å². The van der Waals surface area contributed by atoms with Gasteiger partial charge in [-0.3, -0.25) is 9.69 Å². The Morgan fingerprint density at radius 3 is 2.58 bits per heavy atom. The molecule has 4 nitrogen and oxygen atoms in total. The summed E-state index contributed by atoms with van der Waals surface area (Å²) in [5.74, 6) is 0.119. The molecule has 2 N–H and O–H groups in total. The predicted molar refractivity (Wildman–Crippen MR) is 85.9 cm³/mol. The Hall–Kier alpha value is -0.500. The minimum Gasteiger partial charge on any atom is -0.392 e. The van der Waals surface area contributed by atoms with Crippen LogP contribution in [0.3, 0.4) is 0 Å². The van der Waals surface area contributed by atoms with E-state index in [1.807, 2.05) is 17.9 Å². The van der Waals surface area contributed by atoms with Crippen LogP contribution >= 0.6 is 39.5 Å². The molecule has 1 saturated heterocycles. The number of hydrogen-bond acceptors (Lipinski definition) is 4. The Kier molecular flexibility index (Phi) is 4.94. The highest BCUT2D eigenvalue weighted by atomic mass is 79.9. The van der Waals surface area contributed by atoms with Crippen LogP contribution in [0, 0.1) is 6.92 Å². The first-order chi connectivity index (χ1) is 8.97. The second-order valence-electron chi connectivity index (χ2n) is 4.60. The lowest BCUT2D eigenvalue weighted by Gasteiger charge is -2.34. The first-order valence-electron chi connectivity index (χ1n) is 6.03. The van der Waals surface area contributed by atoms with E-state index < -0.39 is 0 Å². The van der Waals surface area contributed by atoms with E-state index in [1.54, 1.807) is 0 Å². The van der Waals surface area contributed by atoms with Gasteiger partial charge in [-0.1, -0.05) is 12.2 Å². The lowest BCUT2D eigenvalue weighted by molar-refractivity contribution is 0.0659. The number of thiophene rings is 1. The molecule has 0 aliphatic carbocycles. The maximum atomic E-state index is 12.3. The zero-order valence-electron chi connectivity index (χ0n) is 10.7. The van der Waals surface area contributed by atoms with E-state index in [0.29, 0.717) is 11.5 Å². The maximum absolute atomic E-state index is 12.3. The third kappa shape index (κ3) is 3.75. The molecule has 1 aliphatic rings. The minimum atomic E-state index is 0.119. The number of nitrogens with zero attached hydrogens (tertiary/aromatic N) is 2. The van der Waals surface area contributed by atoms with Gasteiger partial charge in [0.2, 0.25) is 0 Å². The van der Waals surface area contributed by atoms with Gasteiger partial charge in [-0.25, -0.2) is 0 Å². The van der Waals surface area contributed by atoms with Gasteiger partial charge in [0.25, 0.3) is 5.91 Å². The van der Waals surface area contributed by atoms with Crippen LogP contribution in [0.5, 0.6) is 0 Å². The number of halogens is 1. The van der Waals surface area contributed by atoms with Crippen molar-refractivity contribution in [2.24, 2.45) is 5.73 Å². The highest BCUT2D eigenvalue weighted by Gasteiger charge is 2.23. The number of nitrogens with two attached hydrogens (primary N) is 1. The molecule has 0 radical (unpaired) electrons. The van der Waals surface area contributed by atoms with Crippen molar-refractivity contribution < 1.29 is 4.79 Å². The molecule has 1 aliphatic heterocycles. The molecule has 0 atom stereocenters. The van der Waals surface area contributed by atoms with Crippen LogP contribution in [0.1, 0.15) is 15.2 Å². The standard InChI is InChI=1S/C12H16BrN3OS2/c1-8-6-9(19-11(8)13)12(17)16-4-2-15(3-5-16)7-10(14)18/h6H,2-5,7H2,1H3,(H2,14,18). The fraction of sp³-hybridized carbons (Fsp3) is 0.500. The van der Waals surface area contributed by atoms with Crippen molar-refractivity contribution in [1.29, 1.82) is 0 Å². The lowest BCUT2D eigenvalue weighted by atomic mass is 10.2. The largest absolute Gasteiger partial charge is 0.392 e. The smallest absolute Gasteiger partial charge is 0.264 e. The van der Waals surface area contributed by atoms with Crippen molar-refractivity contribution in [3.8, 4) is 0 Å². The number of carbonyl (C=O) groups is 1. The van der Waals surface area contributed by atoms with Crippen molar-refractivity contribution >= 4 is 50.4 Å². The summed E-state index contributed by atoms with van der Waals surface area (Å²) >= 11 is 9.86. The molecule has 1 fully saturated rings. The molecule has 2 heterocycles. The molecule has 0 unspecified atom stereocenters. The van der Waals surface area contributed by atoms with Crippen LogP contribution in [0.2, 0.25) is 0 Å². The molecule has 19 heavy (non-hydrogen) atoms. The van der Waals surface area contributed by atoms with E-state index in [1.165, 1.54) is 11.3 Å². The number of piperazine rings is 1. The fourth-order valence-electron chi connectivity index (χ4n) is 2.05. The molecule has 1 amide bonds. The summed E-state index contributed by atoms with van der Waals surface area (Å²) in [6, 6.07) is 1.94. The van der Waals surface area contributed by atoms with E-state index in [4.69, 9.17) is 18.0 Å². The zero-order chi connectivity index (χ0) is 14.0. The normalized spacial score (nSPS) is 16.6. The van der Waals surface area contributed by atoms with Crippen LogP contribution in [-0.2, 0) is 0 Å².